The van der Waals surface area contributed by atoms with Crippen LogP contribution in [0.3, 0.4) is 0 Å². The molecule has 8 rings (SSSR count). The van der Waals surface area contributed by atoms with Gasteiger partial charge in [-0.25, -0.2) is 4.98 Å². The number of para-hydroxylation sites is 1. The Morgan fingerprint density at radius 1 is 0.531 bits per heavy atom. The van der Waals surface area contributed by atoms with Crippen molar-refractivity contribution in [3.8, 4) is 67.5 Å². The Balaban J connectivity index is 1.42. The smallest absolute Gasteiger partial charge is 0.149 e. The third-order valence-corrected chi connectivity index (χ3v) is 12.4. The molecule has 6 aromatic carbocycles. The van der Waals surface area contributed by atoms with Gasteiger partial charge in [0.1, 0.15) is 11.6 Å². The number of aromatic hydroxyl groups is 1. The van der Waals surface area contributed by atoms with E-state index in [1.807, 2.05) is 32.9 Å². The number of imidazole rings is 1. The van der Waals surface area contributed by atoms with Crippen LogP contribution in [0.25, 0.3) is 72.7 Å². The maximum atomic E-state index is 12.3. The lowest BCUT2D eigenvalue weighted by molar-refractivity contribution is 0.466. The fourth-order valence-corrected chi connectivity index (χ4v) is 8.37. The predicted molar refractivity (Wildman–Crippen MR) is 272 cm³/mol. The van der Waals surface area contributed by atoms with Crippen LogP contribution in [0.5, 0.6) is 5.75 Å². The van der Waals surface area contributed by atoms with E-state index in [1.54, 1.807) is 12.3 Å². The van der Waals surface area contributed by atoms with Crippen molar-refractivity contribution in [3.05, 3.63) is 167 Å². The number of phenols is 1. The summed E-state index contributed by atoms with van der Waals surface area (Å²) >= 11 is 0. The number of aromatic nitrogens is 3. The Morgan fingerprint density at radius 3 is 1.84 bits per heavy atom. The standard InChI is InChI=1S/C60H65N3O/c1-37(2)42-33-49(38(3)4)56(64)51(34-42)57-62-55-48(20-17-21-54(55)63(57)53-27-26-46(59(8,9)10)36-50(53)40-18-15-14-16-19-40)43-30-44(32-47(31-43)60(11,12)13)52-35-41(28-29-61-52)39-22-24-45(25-23-39)58(5,6)7/h14-38,64H,1-13H3/i22D,23D,24D,25D. The Kier molecular flexibility index (Phi) is 10.3. The van der Waals surface area contributed by atoms with E-state index in [-0.39, 0.29) is 58.1 Å². The van der Waals surface area contributed by atoms with E-state index in [2.05, 4.69) is 165 Å². The lowest BCUT2D eigenvalue weighted by atomic mass is 9.83. The Bertz CT molecular complexity index is 3210. The summed E-state index contributed by atoms with van der Waals surface area (Å²) in [6.45, 7) is 27.6. The van der Waals surface area contributed by atoms with E-state index in [4.69, 9.17) is 15.5 Å². The maximum absolute atomic E-state index is 12.3. The second-order valence-corrected chi connectivity index (χ2v) is 21.1. The topological polar surface area (TPSA) is 50.9 Å². The Morgan fingerprint density at radius 2 is 1.20 bits per heavy atom. The van der Waals surface area contributed by atoms with Gasteiger partial charge in [-0.05, 0) is 127 Å². The number of hydrogen-bond donors (Lipinski definition) is 1. The molecule has 0 saturated heterocycles. The van der Waals surface area contributed by atoms with Gasteiger partial charge in [-0.15, -0.1) is 0 Å². The van der Waals surface area contributed by atoms with Crippen molar-refractivity contribution >= 4 is 11.0 Å². The first-order chi connectivity index (χ1) is 31.9. The average Bonchev–Trinajstić information content (AvgIpc) is 3.67. The monoisotopic (exact) mass is 848 g/mol. The summed E-state index contributed by atoms with van der Waals surface area (Å²) in [7, 11) is 0. The SMILES string of the molecule is [2H]c1c([2H])c(C(C)(C)C)c([2H])c([2H])c1-c1ccnc(-c2cc(-c3cccc4c3nc(-c3cc(C(C)C)cc(C(C)C)c3O)n4-c3ccc(C(C)(C)C)cc3-c3ccccc3)cc(C(C)(C)C)c2)c1. The molecular formula is C60H65N3O. The molecule has 0 fully saturated rings. The number of nitrogens with zero attached hydrogens (tertiary/aromatic N) is 3. The van der Waals surface area contributed by atoms with Gasteiger partial charge in [-0.1, -0.05) is 175 Å². The molecule has 64 heavy (non-hydrogen) atoms. The van der Waals surface area contributed by atoms with E-state index >= 15 is 0 Å². The van der Waals surface area contributed by atoms with Crippen molar-refractivity contribution in [2.75, 3.05) is 0 Å². The van der Waals surface area contributed by atoms with Crippen LogP contribution in [0.1, 0.15) is 135 Å². The average molecular weight is 848 g/mol. The van der Waals surface area contributed by atoms with Crippen LogP contribution in [0.4, 0.5) is 0 Å². The van der Waals surface area contributed by atoms with Gasteiger partial charge < -0.3 is 5.11 Å². The summed E-state index contributed by atoms with van der Waals surface area (Å²) in [5.41, 5.74) is 13.4. The fourth-order valence-electron chi connectivity index (χ4n) is 8.37. The van der Waals surface area contributed by atoms with Gasteiger partial charge in [0.15, 0.2) is 0 Å². The van der Waals surface area contributed by atoms with Gasteiger partial charge in [0.25, 0.3) is 0 Å². The van der Waals surface area contributed by atoms with E-state index in [0.717, 1.165) is 61.2 Å². The minimum absolute atomic E-state index is 0.0264. The first kappa shape index (κ1) is 39.3. The summed E-state index contributed by atoms with van der Waals surface area (Å²) in [5.74, 6) is 1.16. The molecule has 0 radical (unpaired) electrons. The zero-order chi connectivity index (χ0) is 49.4. The van der Waals surface area contributed by atoms with Gasteiger partial charge >= 0.3 is 0 Å². The number of benzene rings is 6. The highest BCUT2D eigenvalue weighted by Gasteiger charge is 2.27. The molecule has 0 aliphatic heterocycles. The zero-order valence-corrected chi connectivity index (χ0v) is 39.9. The third kappa shape index (κ3) is 8.68. The molecule has 8 aromatic rings. The molecule has 1 N–H and O–H groups in total. The van der Waals surface area contributed by atoms with Crippen LogP contribution in [-0.2, 0) is 16.2 Å². The molecule has 0 aliphatic rings. The van der Waals surface area contributed by atoms with Gasteiger partial charge in [0.05, 0.1) is 33.5 Å². The normalized spacial score (nSPS) is 13.4. The zero-order valence-electron chi connectivity index (χ0n) is 43.9. The minimum atomic E-state index is -0.568. The first-order valence-corrected chi connectivity index (χ1v) is 22.7. The summed E-state index contributed by atoms with van der Waals surface area (Å²) in [5, 5.41) is 12.3. The van der Waals surface area contributed by atoms with E-state index < -0.39 is 5.41 Å². The number of rotatable bonds is 8. The Labute approximate surface area is 387 Å². The van der Waals surface area contributed by atoms with Crippen molar-refractivity contribution in [1.82, 2.24) is 14.5 Å². The molecule has 2 heterocycles. The molecule has 0 amide bonds. The molecule has 326 valence electrons. The fraction of sp³-hybridized carbons (Fsp3) is 0.300. The molecular weight excluding hydrogens is 779 g/mol. The summed E-state index contributed by atoms with van der Waals surface area (Å²) < 4.78 is 38.3. The minimum Gasteiger partial charge on any atom is -0.507 e. The highest BCUT2D eigenvalue weighted by molar-refractivity contribution is 5.98. The number of hydrogen-bond acceptors (Lipinski definition) is 3. The molecule has 2 aromatic heterocycles. The second-order valence-electron chi connectivity index (χ2n) is 21.1. The number of phenolic OH excluding ortho intramolecular Hbond substituents is 1. The van der Waals surface area contributed by atoms with Gasteiger partial charge in [-0.3, -0.25) is 9.55 Å². The second kappa shape index (κ2) is 16.7. The van der Waals surface area contributed by atoms with E-state index in [1.165, 1.54) is 5.56 Å². The molecule has 0 aliphatic carbocycles. The highest BCUT2D eigenvalue weighted by atomic mass is 16.3. The summed E-state index contributed by atoms with van der Waals surface area (Å²) in [6, 6.07) is 37.8. The molecule has 4 heteroatoms. The van der Waals surface area contributed by atoms with Gasteiger partial charge in [0.2, 0.25) is 0 Å². The molecule has 4 nitrogen and oxygen atoms in total. The molecule has 0 spiro atoms. The van der Waals surface area contributed by atoms with Crippen LogP contribution in [-0.4, -0.2) is 19.6 Å². The highest BCUT2D eigenvalue weighted by Crippen LogP contribution is 2.45. The van der Waals surface area contributed by atoms with Crippen LogP contribution >= 0.6 is 0 Å². The van der Waals surface area contributed by atoms with Crippen LogP contribution < -0.4 is 0 Å². The van der Waals surface area contributed by atoms with Crippen LogP contribution in [0.15, 0.2) is 140 Å². The van der Waals surface area contributed by atoms with Gasteiger partial charge in [0, 0.05) is 22.9 Å². The van der Waals surface area contributed by atoms with Crippen LogP contribution in [0.2, 0.25) is 0 Å². The van der Waals surface area contributed by atoms with Crippen molar-refractivity contribution in [2.45, 2.75) is 118 Å². The molecule has 0 bridgehead atoms. The van der Waals surface area contributed by atoms with E-state index in [0.29, 0.717) is 28.2 Å². The lowest BCUT2D eigenvalue weighted by Gasteiger charge is -2.23. The van der Waals surface area contributed by atoms with Crippen molar-refractivity contribution in [1.29, 1.82) is 0 Å². The summed E-state index contributed by atoms with van der Waals surface area (Å²) in [6.07, 6.45) is 1.69. The van der Waals surface area contributed by atoms with Gasteiger partial charge in [-0.2, -0.15) is 0 Å². The quantitative estimate of drug-likeness (QED) is 0.166. The first-order valence-electron chi connectivity index (χ1n) is 24.7. The molecule has 0 atom stereocenters. The third-order valence-electron chi connectivity index (χ3n) is 12.4. The van der Waals surface area contributed by atoms with Crippen molar-refractivity contribution in [2.24, 2.45) is 0 Å². The predicted octanol–water partition coefficient (Wildman–Crippen LogP) is 16.6. The van der Waals surface area contributed by atoms with Crippen LogP contribution in [0, 0.1) is 0 Å². The summed E-state index contributed by atoms with van der Waals surface area (Å²) in [4.78, 5) is 10.5. The Hall–Kier alpha value is -6.26. The number of pyridine rings is 1. The molecule has 0 unspecified atom stereocenters. The number of fused-ring (bicyclic) bond motifs is 1. The largest absolute Gasteiger partial charge is 0.507 e. The van der Waals surface area contributed by atoms with E-state index in [9.17, 15) is 5.11 Å². The molecule has 0 saturated carbocycles. The van der Waals surface area contributed by atoms with Crippen molar-refractivity contribution in [3.63, 3.8) is 0 Å². The maximum Gasteiger partial charge on any atom is 0.149 e. The lowest BCUT2D eigenvalue weighted by Crippen LogP contribution is -2.12. The van der Waals surface area contributed by atoms with Crippen molar-refractivity contribution < 1.29 is 10.6 Å².